The molecule has 0 aliphatic heterocycles. The van der Waals surface area contributed by atoms with Gasteiger partial charge in [-0.1, -0.05) is 6.92 Å². The van der Waals surface area contributed by atoms with Gasteiger partial charge in [-0.15, -0.1) is 0 Å². The van der Waals surface area contributed by atoms with Crippen LogP contribution in [0.1, 0.15) is 32.5 Å². The first-order chi connectivity index (χ1) is 9.71. The lowest BCUT2D eigenvalue weighted by Gasteiger charge is -2.41. The minimum atomic E-state index is -0.0194. The number of hydrogen-bond donors (Lipinski definition) is 1. The van der Waals surface area contributed by atoms with Gasteiger partial charge in [0.05, 0.1) is 29.0 Å². The fourth-order valence-corrected chi connectivity index (χ4v) is 2.80. The van der Waals surface area contributed by atoms with Crippen LogP contribution in [-0.2, 0) is 6.54 Å². The maximum atomic E-state index is 4.55. The van der Waals surface area contributed by atoms with E-state index in [9.17, 15) is 0 Å². The standard InChI is InChI=1S/C15H30BrN5/c1-8-17-14(15(2,3)20(6)7)13-12(16)11-18-21(13)10-9-19(4)5/h11,14,17H,8-10H2,1-7H3. The molecule has 5 nitrogen and oxygen atoms in total. The molecule has 0 fully saturated rings. The average molecular weight is 360 g/mol. The monoisotopic (exact) mass is 359 g/mol. The van der Waals surface area contributed by atoms with E-state index in [4.69, 9.17) is 0 Å². The predicted molar refractivity (Wildman–Crippen MR) is 92.7 cm³/mol. The van der Waals surface area contributed by atoms with Crippen LogP contribution in [0.15, 0.2) is 10.7 Å². The van der Waals surface area contributed by atoms with Crippen LogP contribution in [0.5, 0.6) is 0 Å². The maximum Gasteiger partial charge on any atom is 0.0715 e. The molecule has 0 aliphatic carbocycles. The van der Waals surface area contributed by atoms with E-state index in [0.29, 0.717) is 0 Å². The van der Waals surface area contributed by atoms with Gasteiger partial charge in [0.25, 0.3) is 0 Å². The van der Waals surface area contributed by atoms with Crippen LogP contribution in [0.3, 0.4) is 0 Å². The lowest BCUT2D eigenvalue weighted by atomic mass is 9.90. The number of nitrogens with one attached hydrogen (secondary N) is 1. The molecular formula is C15H30BrN5. The Morgan fingerprint density at radius 3 is 2.43 bits per heavy atom. The zero-order valence-electron chi connectivity index (χ0n) is 14.4. The molecule has 0 saturated heterocycles. The third-order valence-corrected chi connectivity index (χ3v) is 4.74. The predicted octanol–water partition coefficient (Wildman–Crippen LogP) is 2.20. The summed E-state index contributed by atoms with van der Waals surface area (Å²) in [6.45, 7) is 9.45. The Kier molecular flexibility index (Phi) is 6.84. The van der Waals surface area contributed by atoms with Crippen LogP contribution < -0.4 is 5.32 Å². The zero-order chi connectivity index (χ0) is 16.2. The second-order valence-electron chi connectivity index (χ2n) is 6.44. The number of halogens is 1. The van der Waals surface area contributed by atoms with Crippen LogP contribution in [0.4, 0.5) is 0 Å². The topological polar surface area (TPSA) is 36.3 Å². The van der Waals surface area contributed by atoms with Crippen molar-refractivity contribution in [1.29, 1.82) is 0 Å². The van der Waals surface area contributed by atoms with Gasteiger partial charge >= 0.3 is 0 Å². The first kappa shape index (κ1) is 18.6. The summed E-state index contributed by atoms with van der Waals surface area (Å²) in [4.78, 5) is 4.44. The molecule has 0 radical (unpaired) electrons. The van der Waals surface area contributed by atoms with Crippen LogP contribution >= 0.6 is 15.9 Å². The van der Waals surface area contributed by atoms with Gasteiger partial charge in [0, 0.05) is 12.1 Å². The number of aromatic nitrogens is 2. The molecule has 0 aromatic carbocycles. The van der Waals surface area contributed by atoms with Gasteiger partial charge in [-0.05, 0) is 64.5 Å². The number of likely N-dealkylation sites (N-methyl/N-ethyl adjacent to an activating group) is 3. The molecule has 1 N–H and O–H groups in total. The molecule has 0 aliphatic rings. The fraction of sp³-hybridized carbons (Fsp3) is 0.800. The van der Waals surface area contributed by atoms with E-state index in [1.165, 1.54) is 5.69 Å². The van der Waals surface area contributed by atoms with Crippen LogP contribution in [-0.4, -0.2) is 66.4 Å². The molecule has 0 amide bonds. The SMILES string of the molecule is CCNC(c1c(Br)cnn1CCN(C)C)C(C)(C)N(C)C. The van der Waals surface area contributed by atoms with Gasteiger partial charge in [-0.25, -0.2) is 0 Å². The summed E-state index contributed by atoms with van der Waals surface area (Å²) < 4.78 is 3.19. The Hall–Kier alpha value is -0.430. The molecule has 21 heavy (non-hydrogen) atoms. The van der Waals surface area contributed by atoms with Crippen molar-refractivity contribution in [3.63, 3.8) is 0 Å². The van der Waals surface area contributed by atoms with Crippen LogP contribution in [0.25, 0.3) is 0 Å². The molecule has 122 valence electrons. The molecule has 1 heterocycles. The van der Waals surface area contributed by atoms with Gasteiger partial charge in [0.2, 0.25) is 0 Å². The van der Waals surface area contributed by atoms with Crippen LogP contribution in [0.2, 0.25) is 0 Å². The van der Waals surface area contributed by atoms with E-state index in [1.807, 2.05) is 6.20 Å². The second-order valence-corrected chi connectivity index (χ2v) is 7.30. The van der Waals surface area contributed by atoms with Crippen LogP contribution in [0, 0.1) is 0 Å². The third-order valence-electron chi connectivity index (χ3n) is 4.13. The average Bonchev–Trinajstić information content (AvgIpc) is 2.74. The highest BCUT2D eigenvalue weighted by Crippen LogP contribution is 2.33. The summed E-state index contributed by atoms with van der Waals surface area (Å²) in [5.74, 6) is 0. The number of nitrogens with zero attached hydrogens (tertiary/aromatic N) is 4. The van der Waals surface area contributed by atoms with E-state index in [-0.39, 0.29) is 11.6 Å². The molecule has 1 unspecified atom stereocenters. The Balaban J connectivity index is 3.16. The van der Waals surface area contributed by atoms with Gasteiger partial charge < -0.3 is 15.1 Å². The minimum Gasteiger partial charge on any atom is -0.308 e. The summed E-state index contributed by atoms with van der Waals surface area (Å²) in [6, 6.07) is 0.205. The van der Waals surface area contributed by atoms with Crippen molar-refractivity contribution < 1.29 is 0 Å². The fourth-order valence-electron chi connectivity index (χ4n) is 2.28. The first-order valence-corrected chi connectivity index (χ1v) is 8.27. The van der Waals surface area contributed by atoms with Crippen molar-refractivity contribution in [2.24, 2.45) is 0 Å². The Labute approximate surface area is 137 Å². The van der Waals surface area contributed by atoms with E-state index in [0.717, 1.165) is 24.1 Å². The normalized spacial score (nSPS) is 14.2. The molecular weight excluding hydrogens is 330 g/mol. The quantitative estimate of drug-likeness (QED) is 0.771. The highest BCUT2D eigenvalue weighted by molar-refractivity contribution is 9.10. The summed E-state index contributed by atoms with van der Waals surface area (Å²) in [6.07, 6.45) is 1.90. The first-order valence-electron chi connectivity index (χ1n) is 7.48. The van der Waals surface area contributed by atoms with Gasteiger partial charge in [0.15, 0.2) is 0 Å². The van der Waals surface area contributed by atoms with Gasteiger partial charge in [-0.3, -0.25) is 4.68 Å². The summed E-state index contributed by atoms with van der Waals surface area (Å²) in [5.41, 5.74) is 1.20. The summed E-state index contributed by atoms with van der Waals surface area (Å²) in [7, 11) is 8.42. The van der Waals surface area contributed by atoms with Crippen molar-refractivity contribution in [1.82, 2.24) is 24.9 Å². The van der Waals surface area contributed by atoms with Crippen molar-refractivity contribution in [3.8, 4) is 0 Å². The number of hydrogen-bond acceptors (Lipinski definition) is 4. The van der Waals surface area contributed by atoms with E-state index in [2.05, 4.69) is 89.8 Å². The Morgan fingerprint density at radius 2 is 1.95 bits per heavy atom. The summed E-state index contributed by atoms with van der Waals surface area (Å²) >= 11 is 3.68. The number of rotatable bonds is 8. The highest BCUT2D eigenvalue weighted by Gasteiger charge is 2.35. The van der Waals surface area contributed by atoms with Crippen molar-refractivity contribution >= 4 is 15.9 Å². The molecule has 1 rings (SSSR count). The maximum absolute atomic E-state index is 4.55. The largest absolute Gasteiger partial charge is 0.308 e. The molecule has 6 heteroatoms. The molecule has 1 aromatic rings. The van der Waals surface area contributed by atoms with E-state index < -0.39 is 0 Å². The Morgan fingerprint density at radius 1 is 1.33 bits per heavy atom. The van der Waals surface area contributed by atoms with Gasteiger partial charge in [0.1, 0.15) is 0 Å². The molecule has 0 spiro atoms. The van der Waals surface area contributed by atoms with Crippen molar-refractivity contribution in [3.05, 3.63) is 16.4 Å². The van der Waals surface area contributed by atoms with Crippen molar-refractivity contribution in [2.75, 3.05) is 41.3 Å². The Bertz CT molecular complexity index is 439. The molecule has 1 aromatic heterocycles. The minimum absolute atomic E-state index is 0.0194. The van der Waals surface area contributed by atoms with Crippen molar-refractivity contribution in [2.45, 2.75) is 38.9 Å². The van der Waals surface area contributed by atoms with Gasteiger partial charge in [-0.2, -0.15) is 5.10 Å². The van der Waals surface area contributed by atoms with E-state index >= 15 is 0 Å². The molecule has 0 saturated carbocycles. The molecule has 1 atom stereocenters. The third kappa shape index (κ3) is 4.52. The molecule has 0 bridgehead atoms. The lowest BCUT2D eigenvalue weighted by molar-refractivity contribution is 0.133. The smallest absolute Gasteiger partial charge is 0.0715 e. The second kappa shape index (κ2) is 7.72. The lowest BCUT2D eigenvalue weighted by Crippen LogP contribution is -2.50. The van der Waals surface area contributed by atoms with E-state index in [1.54, 1.807) is 0 Å². The summed E-state index contributed by atoms with van der Waals surface area (Å²) in [5, 5.41) is 8.18. The zero-order valence-corrected chi connectivity index (χ0v) is 16.0. The highest BCUT2D eigenvalue weighted by atomic mass is 79.9.